The molecule has 26 heavy (non-hydrogen) atoms. The Morgan fingerprint density at radius 2 is 1.96 bits per heavy atom. The average molecular weight is 363 g/mol. The number of fused-ring (bicyclic) bond motifs is 1. The van der Waals surface area contributed by atoms with Crippen molar-refractivity contribution in [2.45, 2.75) is 19.4 Å². The summed E-state index contributed by atoms with van der Waals surface area (Å²) in [6.45, 7) is 3.78. The van der Waals surface area contributed by atoms with Crippen molar-refractivity contribution in [1.29, 1.82) is 0 Å². The summed E-state index contributed by atoms with van der Waals surface area (Å²) < 4.78 is 0. The quantitative estimate of drug-likeness (QED) is 0.745. The minimum atomic E-state index is -0.0518. The Labute approximate surface area is 157 Å². The highest BCUT2D eigenvalue weighted by Gasteiger charge is 2.23. The summed E-state index contributed by atoms with van der Waals surface area (Å²) in [7, 11) is 0. The molecule has 0 spiro atoms. The first kappa shape index (κ1) is 16.8. The van der Waals surface area contributed by atoms with Gasteiger partial charge in [0.05, 0.1) is 6.20 Å². The molecule has 0 fully saturated rings. The molecule has 1 aliphatic rings. The maximum absolute atomic E-state index is 12.5. The highest BCUT2D eigenvalue weighted by molar-refractivity contribution is 7.16. The second kappa shape index (κ2) is 7.30. The van der Waals surface area contributed by atoms with Gasteiger partial charge in [0.15, 0.2) is 0 Å². The zero-order chi connectivity index (χ0) is 17.9. The SMILES string of the molecule is C[C@H](CNC(=O)c1cnc(-c2ccccc2)s1)N1CCc2ccccc21. The summed E-state index contributed by atoms with van der Waals surface area (Å²) in [6, 6.07) is 18.7. The van der Waals surface area contributed by atoms with Crippen molar-refractivity contribution in [3.8, 4) is 10.6 Å². The van der Waals surface area contributed by atoms with Gasteiger partial charge in [-0.15, -0.1) is 11.3 Å². The molecule has 0 radical (unpaired) electrons. The third kappa shape index (κ3) is 3.35. The number of thiazole rings is 1. The fraction of sp³-hybridized carbons (Fsp3) is 0.238. The van der Waals surface area contributed by atoms with E-state index in [4.69, 9.17) is 0 Å². The molecule has 132 valence electrons. The van der Waals surface area contributed by atoms with E-state index in [1.54, 1.807) is 6.20 Å². The number of amides is 1. The zero-order valence-electron chi connectivity index (χ0n) is 14.7. The van der Waals surface area contributed by atoms with Gasteiger partial charge in [-0.3, -0.25) is 4.79 Å². The molecule has 1 aliphatic heterocycles. The van der Waals surface area contributed by atoms with Crippen LogP contribution in [0.1, 0.15) is 22.2 Å². The van der Waals surface area contributed by atoms with E-state index < -0.39 is 0 Å². The van der Waals surface area contributed by atoms with Crippen LogP contribution in [0.15, 0.2) is 60.8 Å². The van der Waals surface area contributed by atoms with Gasteiger partial charge in [0, 0.05) is 30.4 Å². The third-order valence-electron chi connectivity index (χ3n) is 4.76. The van der Waals surface area contributed by atoms with Gasteiger partial charge in [-0.1, -0.05) is 48.5 Å². The van der Waals surface area contributed by atoms with Crippen LogP contribution in [-0.4, -0.2) is 30.0 Å². The van der Waals surface area contributed by atoms with E-state index >= 15 is 0 Å². The Balaban J connectivity index is 1.38. The monoisotopic (exact) mass is 363 g/mol. The van der Waals surface area contributed by atoms with Crippen LogP contribution < -0.4 is 10.2 Å². The molecule has 1 aromatic heterocycles. The fourth-order valence-corrected chi connectivity index (χ4v) is 4.19. The maximum Gasteiger partial charge on any atom is 0.263 e. The Hall–Kier alpha value is -2.66. The van der Waals surface area contributed by atoms with Crippen molar-refractivity contribution in [2.24, 2.45) is 0 Å². The summed E-state index contributed by atoms with van der Waals surface area (Å²) in [5, 5.41) is 3.93. The number of carbonyl (C=O) groups is 1. The van der Waals surface area contributed by atoms with Gasteiger partial charge in [0.2, 0.25) is 0 Å². The number of para-hydroxylation sites is 1. The summed E-state index contributed by atoms with van der Waals surface area (Å²) in [5.41, 5.74) is 3.72. The molecule has 5 heteroatoms. The number of nitrogens with one attached hydrogen (secondary N) is 1. The molecule has 0 bridgehead atoms. The number of carbonyl (C=O) groups excluding carboxylic acids is 1. The highest BCUT2D eigenvalue weighted by atomic mass is 32.1. The number of anilines is 1. The van der Waals surface area contributed by atoms with E-state index in [-0.39, 0.29) is 11.9 Å². The summed E-state index contributed by atoms with van der Waals surface area (Å²) >= 11 is 1.43. The lowest BCUT2D eigenvalue weighted by molar-refractivity contribution is 0.0955. The molecule has 0 saturated heterocycles. The van der Waals surface area contributed by atoms with E-state index in [0.29, 0.717) is 11.4 Å². The first-order chi connectivity index (χ1) is 12.7. The first-order valence-corrected chi connectivity index (χ1v) is 9.68. The number of hydrogen-bond donors (Lipinski definition) is 1. The van der Waals surface area contributed by atoms with Crippen LogP contribution >= 0.6 is 11.3 Å². The van der Waals surface area contributed by atoms with Crippen LogP contribution in [0.5, 0.6) is 0 Å². The van der Waals surface area contributed by atoms with Crippen molar-refractivity contribution in [3.63, 3.8) is 0 Å². The fourth-order valence-electron chi connectivity index (χ4n) is 3.35. The van der Waals surface area contributed by atoms with Crippen LogP contribution in [-0.2, 0) is 6.42 Å². The van der Waals surface area contributed by atoms with Crippen LogP contribution in [0.2, 0.25) is 0 Å². The topological polar surface area (TPSA) is 45.2 Å². The largest absolute Gasteiger partial charge is 0.366 e. The van der Waals surface area contributed by atoms with Crippen molar-refractivity contribution < 1.29 is 4.79 Å². The number of rotatable bonds is 5. The number of nitrogens with zero attached hydrogens (tertiary/aromatic N) is 2. The Morgan fingerprint density at radius 1 is 1.19 bits per heavy atom. The normalized spacial score (nSPS) is 14.1. The van der Waals surface area contributed by atoms with Gasteiger partial charge >= 0.3 is 0 Å². The molecule has 0 unspecified atom stereocenters. The van der Waals surface area contributed by atoms with Crippen molar-refractivity contribution in [1.82, 2.24) is 10.3 Å². The lowest BCUT2D eigenvalue weighted by atomic mass is 10.2. The molecule has 2 heterocycles. The maximum atomic E-state index is 12.5. The van der Waals surface area contributed by atoms with Gasteiger partial charge in [-0.05, 0) is 25.0 Å². The lowest BCUT2D eigenvalue weighted by Crippen LogP contribution is -2.41. The minimum Gasteiger partial charge on any atom is -0.366 e. The molecular formula is C21H21N3OS. The molecular weight excluding hydrogens is 342 g/mol. The molecule has 4 nitrogen and oxygen atoms in total. The van der Waals surface area contributed by atoms with Crippen LogP contribution in [0.3, 0.4) is 0 Å². The molecule has 1 atom stereocenters. The Bertz CT molecular complexity index is 906. The zero-order valence-corrected chi connectivity index (χ0v) is 15.5. The Morgan fingerprint density at radius 3 is 2.81 bits per heavy atom. The molecule has 0 aliphatic carbocycles. The third-order valence-corrected chi connectivity index (χ3v) is 5.81. The minimum absolute atomic E-state index is 0.0518. The molecule has 4 rings (SSSR count). The molecule has 2 aromatic carbocycles. The molecule has 1 amide bonds. The van der Waals surface area contributed by atoms with Gasteiger partial charge in [0.1, 0.15) is 9.88 Å². The van der Waals surface area contributed by atoms with Crippen LogP contribution in [0, 0.1) is 0 Å². The van der Waals surface area contributed by atoms with Crippen molar-refractivity contribution in [2.75, 3.05) is 18.0 Å². The second-order valence-corrected chi connectivity index (χ2v) is 7.56. The number of aromatic nitrogens is 1. The van der Waals surface area contributed by atoms with E-state index in [2.05, 4.69) is 46.4 Å². The predicted octanol–water partition coefficient (Wildman–Crippen LogP) is 3.99. The smallest absolute Gasteiger partial charge is 0.263 e. The van der Waals surface area contributed by atoms with Gasteiger partial charge < -0.3 is 10.2 Å². The van der Waals surface area contributed by atoms with E-state index in [1.807, 2.05) is 30.3 Å². The number of hydrogen-bond acceptors (Lipinski definition) is 4. The van der Waals surface area contributed by atoms with Crippen LogP contribution in [0.25, 0.3) is 10.6 Å². The van der Waals surface area contributed by atoms with E-state index in [0.717, 1.165) is 23.5 Å². The molecule has 3 aromatic rings. The van der Waals surface area contributed by atoms with E-state index in [9.17, 15) is 4.79 Å². The Kier molecular flexibility index (Phi) is 4.71. The summed E-state index contributed by atoms with van der Waals surface area (Å²) in [5.74, 6) is -0.0518. The van der Waals surface area contributed by atoms with Crippen molar-refractivity contribution >= 4 is 22.9 Å². The number of benzene rings is 2. The molecule has 0 saturated carbocycles. The standard InChI is InChI=1S/C21H21N3OS/c1-15(24-12-11-16-7-5-6-10-18(16)24)13-22-20(25)19-14-23-21(26-19)17-8-3-2-4-9-17/h2-10,14-15H,11-13H2,1H3,(H,22,25)/t15-/m1/s1. The predicted molar refractivity (Wildman–Crippen MR) is 107 cm³/mol. The average Bonchev–Trinajstić information content (AvgIpc) is 3.34. The molecule has 1 N–H and O–H groups in total. The van der Waals surface area contributed by atoms with Gasteiger partial charge in [-0.25, -0.2) is 4.98 Å². The van der Waals surface area contributed by atoms with E-state index in [1.165, 1.54) is 22.6 Å². The highest BCUT2D eigenvalue weighted by Crippen LogP contribution is 2.29. The second-order valence-electron chi connectivity index (χ2n) is 6.53. The summed E-state index contributed by atoms with van der Waals surface area (Å²) in [4.78, 5) is 19.9. The van der Waals surface area contributed by atoms with Gasteiger partial charge in [0.25, 0.3) is 5.91 Å². The van der Waals surface area contributed by atoms with Gasteiger partial charge in [-0.2, -0.15) is 0 Å². The van der Waals surface area contributed by atoms with Crippen LogP contribution in [0.4, 0.5) is 5.69 Å². The first-order valence-electron chi connectivity index (χ1n) is 8.86. The summed E-state index contributed by atoms with van der Waals surface area (Å²) in [6.07, 6.45) is 2.74. The van der Waals surface area contributed by atoms with Crippen molar-refractivity contribution in [3.05, 3.63) is 71.2 Å². The lowest BCUT2D eigenvalue weighted by Gasteiger charge is -2.27.